The number of hydrogen-bond acceptors (Lipinski definition) is 3. The molecule has 1 saturated heterocycles. The van der Waals surface area contributed by atoms with Gasteiger partial charge in [0.2, 0.25) is 0 Å². The number of aliphatic hydroxyl groups is 1. The van der Waals surface area contributed by atoms with Gasteiger partial charge in [-0.2, -0.15) is 0 Å². The zero-order valence-corrected chi connectivity index (χ0v) is 14.2. The van der Waals surface area contributed by atoms with Crippen molar-refractivity contribution in [2.75, 3.05) is 20.1 Å². The van der Waals surface area contributed by atoms with E-state index < -0.39 is 6.10 Å². The fourth-order valence-electron chi connectivity index (χ4n) is 6.51. The maximum absolute atomic E-state index is 10.7. The molecule has 1 spiro atoms. The van der Waals surface area contributed by atoms with Gasteiger partial charge in [-0.05, 0) is 31.1 Å². The van der Waals surface area contributed by atoms with Gasteiger partial charge in [-0.1, -0.05) is 6.58 Å². The molecule has 2 N–H and O–H groups in total. The molecule has 0 amide bonds. The van der Waals surface area contributed by atoms with Crippen LogP contribution in [0, 0.1) is 5.92 Å². The molecule has 2 aliphatic carbocycles. The molecular weight excluding hydrogens is 302 g/mol. The van der Waals surface area contributed by atoms with Crippen LogP contribution in [0.2, 0.25) is 0 Å². The Labute approximate surface area is 142 Å². The first-order valence-corrected chi connectivity index (χ1v) is 9.16. The smallest absolute Gasteiger partial charge is 0.135 e. The number of nitrogens with zero attached hydrogens (tertiary/aromatic N) is 1. The highest BCUT2D eigenvalue weighted by Gasteiger charge is 2.68. The molecule has 4 aliphatic rings. The fraction of sp³-hybridized carbons (Fsp3) is 0.600. The van der Waals surface area contributed by atoms with Gasteiger partial charge in [0.25, 0.3) is 0 Å². The van der Waals surface area contributed by atoms with Crippen LogP contribution in [0.3, 0.4) is 0 Å². The Balaban J connectivity index is 1.76. The van der Waals surface area contributed by atoms with Gasteiger partial charge < -0.3 is 19.4 Å². The monoisotopic (exact) mass is 328 g/mol. The third-order valence-electron chi connectivity index (χ3n) is 7.52. The molecule has 2 aliphatic heterocycles. The Bertz CT molecular complexity index is 732. The number of likely N-dealkylation sites (N-methyl/N-ethyl adjacent to an activating group) is 1. The summed E-state index contributed by atoms with van der Waals surface area (Å²) in [6.07, 6.45) is 5.26. The van der Waals surface area contributed by atoms with Gasteiger partial charge in [0.15, 0.2) is 0 Å². The SMILES string of the molecule is C=CC[N@+]1(C)CC[C@]23c4c5ccc(O)c4C[C@H]1[C@@H]2CC[C@H](O)C3O5. The minimum atomic E-state index is -0.404. The van der Waals surface area contributed by atoms with E-state index in [4.69, 9.17) is 4.74 Å². The van der Waals surface area contributed by atoms with Crippen LogP contribution in [0.1, 0.15) is 30.4 Å². The maximum atomic E-state index is 10.7. The highest BCUT2D eigenvalue weighted by Crippen LogP contribution is 2.64. The standard InChI is InChI=1S/C20H25NO3/c1-3-9-21(2)10-8-20-13-4-5-16(23)19(20)24-17-7-6-15(22)12(18(17)20)11-14(13)21/h3,6-7,13-14,16,19,23H,1,4-5,8-11H2,2H3/p+1/t13-,14-,16-,19?,20+,21+/m0/s1. The summed E-state index contributed by atoms with van der Waals surface area (Å²) in [7, 11) is 2.33. The molecule has 24 heavy (non-hydrogen) atoms. The molecule has 1 aromatic rings. The van der Waals surface area contributed by atoms with Crippen LogP contribution in [0.5, 0.6) is 11.5 Å². The van der Waals surface area contributed by atoms with E-state index in [9.17, 15) is 10.2 Å². The number of quaternary nitrogens is 1. The number of piperidine rings is 1. The molecule has 128 valence electrons. The summed E-state index contributed by atoms with van der Waals surface area (Å²) >= 11 is 0. The lowest BCUT2D eigenvalue weighted by molar-refractivity contribution is -0.940. The molecule has 2 heterocycles. The van der Waals surface area contributed by atoms with Crippen LogP contribution >= 0.6 is 0 Å². The summed E-state index contributed by atoms with van der Waals surface area (Å²) in [5, 5.41) is 21.2. The number of aromatic hydroxyl groups is 1. The van der Waals surface area contributed by atoms with E-state index >= 15 is 0 Å². The second-order valence-corrected chi connectivity index (χ2v) is 8.46. The third-order valence-corrected chi connectivity index (χ3v) is 7.52. The molecular formula is C20H26NO3+. The molecule has 1 saturated carbocycles. The van der Waals surface area contributed by atoms with E-state index in [-0.39, 0.29) is 11.5 Å². The topological polar surface area (TPSA) is 49.7 Å². The summed E-state index contributed by atoms with van der Waals surface area (Å²) in [6, 6.07) is 4.13. The van der Waals surface area contributed by atoms with Crippen molar-refractivity contribution in [1.82, 2.24) is 0 Å². The van der Waals surface area contributed by atoms with Crippen molar-refractivity contribution >= 4 is 0 Å². The average Bonchev–Trinajstić information content (AvgIpc) is 2.90. The quantitative estimate of drug-likeness (QED) is 0.646. The van der Waals surface area contributed by atoms with E-state index in [2.05, 4.69) is 13.6 Å². The van der Waals surface area contributed by atoms with Crippen molar-refractivity contribution in [2.24, 2.45) is 5.92 Å². The largest absolute Gasteiger partial charge is 0.508 e. The van der Waals surface area contributed by atoms with Gasteiger partial charge >= 0.3 is 0 Å². The van der Waals surface area contributed by atoms with Gasteiger partial charge in [0.05, 0.1) is 37.7 Å². The Morgan fingerprint density at radius 3 is 3.04 bits per heavy atom. The van der Waals surface area contributed by atoms with Gasteiger partial charge in [0.1, 0.15) is 17.6 Å². The predicted octanol–water partition coefficient (Wildman–Crippen LogP) is 2.12. The predicted molar refractivity (Wildman–Crippen MR) is 91.2 cm³/mol. The Morgan fingerprint density at radius 1 is 1.42 bits per heavy atom. The molecule has 0 aromatic heterocycles. The zero-order valence-electron chi connectivity index (χ0n) is 14.2. The van der Waals surface area contributed by atoms with E-state index in [1.54, 1.807) is 6.07 Å². The van der Waals surface area contributed by atoms with Gasteiger partial charge in [0, 0.05) is 29.9 Å². The van der Waals surface area contributed by atoms with Crippen LogP contribution in [0.15, 0.2) is 24.8 Å². The van der Waals surface area contributed by atoms with Crippen LogP contribution < -0.4 is 4.74 Å². The number of rotatable bonds is 2. The lowest BCUT2D eigenvalue weighted by atomic mass is 9.51. The van der Waals surface area contributed by atoms with Crippen LogP contribution in [0.4, 0.5) is 0 Å². The molecule has 4 nitrogen and oxygen atoms in total. The number of ether oxygens (including phenoxy) is 1. The van der Waals surface area contributed by atoms with E-state index in [0.29, 0.717) is 17.7 Å². The van der Waals surface area contributed by atoms with Crippen molar-refractivity contribution in [3.05, 3.63) is 35.9 Å². The number of hydrogen-bond donors (Lipinski definition) is 2. The van der Waals surface area contributed by atoms with Crippen molar-refractivity contribution in [3.8, 4) is 11.5 Å². The van der Waals surface area contributed by atoms with E-state index in [1.807, 2.05) is 12.1 Å². The highest BCUT2D eigenvalue weighted by atomic mass is 16.5. The molecule has 4 heteroatoms. The summed E-state index contributed by atoms with van der Waals surface area (Å²) in [5.74, 6) is 1.81. The number of benzene rings is 1. The zero-order chi connectivity index (χ0) is 16.7. The molecule has 6 atom stereocenters. The van der Waals surface area contributed by atoms with Gasteiger partial charge in [-0.25, -0.2) is 0 Å². The fourth-order valence-corrected chi connectivity index (χ4v) is 6.51. The molecule has 5 rings (SSSR count). The van der Waals surface area contributed by atoms with Crippen LogP contribution in [-0.2, 0) is 11.8 Å². The lowest BCUT2D eigenvalue weighted by Gasteiger charge is -2.61. The molecule has 1 unspecified atom stereocenters. The molecule has 1 aromatic carbocycles. The summed E-state index contributed by atoms with van der Waals surface area (Å²) in [5.41, 5.74) is 2.18. The molecule has 2 fully saturated rings. The second-order valence-electron chi connectivity index (χ2n) is 8.46. The number of likely N-dealkylation sites (tertiary alicyclic amines) is 1. The Kier molecular flexibility index (Phi) is 2.81. The normalized spacial score (nSPS) is 44.6. The van der Waals surface area contributed by atoms with Crippen molar-refractivity contribution < 1.29 is 19.4 Å². The minimum Gasteiger partial charge on any atom is -0.508 e. The number of phenols is 1. The van der Waals surface area contributed by atoms with E-state index in [1.165, 1.54) is 5.56 Å². The van der Waals surface area contributed by atoms with Gasteiger partial charge in [-0.15, -0.1) is 0 Å². The lowest BCUT2D eigenvalue weighted by Crippen LogP contribution is -2.72. The molecule has 0 radical (unpaired) electrons. The van der Waals surface area contributed by atoms with Crippen LogP contribution in [0.25, 0.3) is 0 Å². The first kappa shape index (κ1) is 14.8. The molecule has 2 bridgehead atoms. The van der Waals surface area contributed by atoms with Crippen LogP contribution in [-0.4, -0.2) is 53.1 Å². The highest BCUT2D eigenvalue weighted by molar-refractivity contribution is 5.59. The van der Waals surface area contributed by atoms with Crippen molar-refractivity contribution in [3.63, 3.8) is 0 Å². The second kappa shape index (κ2) is 4.55. The van der Waals surface area contributed by atoms with Crippen molar-refractivity contribution in [2.45, 2.75) is 49.3 Å². The maximum Gasteiger partial charge on any atom is 0.135 e. The number of phenolic OH excluding ortho intramolecular Hbond substituents is 1. The van der Waals surface area contributed by atoms with Gasteiger partial charge in [-0.3, -0.25) is 0 Å². The average molecular weight is 328 g/mol. The summed E-state index contributed by atoms with van der Waals surface area (Å²) < 4.78 is 7.27. The van der Waals surface area contributed by atoms with Crippen molar-refractivity contribution in [1.29, 1.82) is 0 Å². The van der Waals surface area contributed by atoms with E-state index in [0.717, 1.165) is 54.6 Å². The minimum absolute atomic E-state index is 0.108. The first-order valence-electron chi connectivity index (χ1n) is 9.16. The summed E-state index contributed by atoms with van der Waals surface area (Å²) in [6.45, 7) is 6.01. The first-order chi connectivity index (χ1) is 11.5. The summed E-state index contributed by atoms with van der Waals surface area (Å²) in [4.78, 5) is 0. The Morgan fingerprint density at radius 2 is 2.25 bits per heavy atom. The number of aliphatic hydroxyl groups excluding tert-OH is 1. The Hall–Kier alpha value is -1.52. The third kappa shape index (κ3) is 1.52.